The van der Waals surface area contributed by atoms with Gasteiger partial charge >= 0.3 is 0 Å². The van der Waals surface area contributed by atoms with Gasteiger partial charge in [-0.1, -0.05) is 45.0 Å². The van der Waals surface area contributed by atoms with Gasteiger partial charge in [0.15, 0.2) is 0 Å². The van der Waals surface area contributed by atoms with Gasteiger partial charge < -0.3 is 9.64 Å². The van der Waals surface area contributed by atoms with Gasteiger partial charge in [-0.05, 0) is 34.4 Å². The van der Waals surface area contributed by atoms with Crippen molar-refractivity contribution < 1.29 is 19.1 Å². The van der Waals surface area contributed by atoms with Crippen LogP contribution in [0.4, 0.5) is 4.79 Å². The van der Waals surface area contributed by atoms with Crippen LogP contribution in [-0.2, 0) is 19.7 Å². The van der Waals surface area contributed by atoms with Crippen LogP contribution < -0.4 is 0 Å². The predicted molar refractivity (Wildman–Crippen MR) is 105 cm³/mol. The summed E-state index contributed by atoms with van der Waals surface area (Å²) in [6, 6.07) is 7.93. The molecule has 2 saturated heterocycles. The van der Waals surface area contributed by atoms with Crippen LogP contribution in [0.15, 0.2) is 29.2 Å². The second kappa shape index (κ2) is 7.86. The lowest BCUT2D eigenvalue weighted by Crippen LogP contribution is -2.46. The second-order valence-corrected chi connectivity index (χ2v) is 8.63. The summed E-state index contributed by atoms with van der Waals surface area (Å²) >= 11 is 0.878. The molecule has 0 N–H and O–H groups in total. The molecule has 2 heterocycles. The van der Waals surface area contributed by atoms with E-state index in [2.05, 4.69) is 20.8 Å². The van der Waals surface area contributed by atoms with Crippen molar-refractivity contribution in [3.8, 4) is 0 Å². The first kappa shape index (κ1) is 19.6. The Kier molecular flexibility index (Phi) is 5.72. The predicted octanol–water partition coefficient (Wildman–Crippen LogP) is 2.88. The first-order chi connectivity index (χ1) is 12.8. The molecule has 144 valence electrons. The molecule has 2 fully saturated rings. The van der Waals surface area contributed by atoms with Crippen molar-refractivity contribution in [2.45, 2.75) is 26.2 Å². The van der Waals surface area contributed by atoms with Crippen molar-refractivity contribution in [1.29, 1.82) is 0 Å². The molecule has 0 aromatic heterocycles. The maximum Gasteiger partial charge on any atom is 0.294 e. The molecule has 7 heteroatoms. The highest BCUT2D eigenvalue weighted by molar-refractivity contribution is 8.18. The number of thioether (sulfide) groups is 1. The molecule has 0 spiro atoms. The third-order valence-corrected chi connectivity index (χ3v) is 5.51. The SMILES string of the molecule is CC(C)(C)c1ccc(/C=C2\SC(=O)N(CC(=O)N3CCOCC3)C2=O)cc1. The number of carbonyl (C=O) groups is 3. The van der Waals surface area contributed by atoms with Crippen molar-refractivity contribution in [3.05, 3.63) is 40.3 Å². The summed E-state index contributed by atoms with van der Waals surface area (Å²) in [6.07, 6.45) is 1.70. The van der Waals surface area contributed by atoms with Gasteiger partial charge in [0.2, 0.25) is 5.91 Å². The summed E-state index contributed by atoms with van der Waals surface area (Å²) in [5.41, 5.74) is 2.10. The fraction of sp³-hybridized carbons (Fsp3) is 0.450. The maximum atomic E-state index is 12.6. The molecule has 3 amide bonds. The van der Waals surface area contributed by atoms with Crippen LogP contribution in [-0.4, -0.2) is 59.7 Å². The van der Waals surface area contributed by atoms with E-state index < -0.39 is 11.1 Å². The average molecular weight is 388 g/mol. The van der Waals surface area contributed by atoms with E-state index in [1.165, 1.54) is 5.56 Å². The summed E-state index contributed by atoms with van der Waals surface area (Å²) in [7, 11) is 0. The largest absolute Gasteiger partial charge is 0.378 e. The van der Waals surface area contributed by atoms with E-state index in [9.17, 15) is 14.4 Å². The number of benzene rings is 1. The molecule has 0 aliphatic carbocycles. The zero-order valence-electron chi connectivity index (χ0n) is 15.9. The molecule has 0 bridgehead atoms. The van der Waals surface area contributed by atoms with E-state index in [1.54, 1.807) is 11.0 Å². The number of ether oxygens (including phenoxy) is 1. The van der Waals surface area contributed by atoms with Crippen LogP contribution in [0.1, 0.15) is 31.9 Å². The molecule has 0 atom stereocenters. The van der Waals surface area contributed by atoms with Gasteiger partial charge in [0.25, 0.3) is 11.1 Å². The molecule has 2 aliphatic rings. The van der Waals surface area contributed by atoms with E-state index in [1.807, 2.05) is 24.3 Å². The highest BCUT2D eigenvalue weighted by Crippen LogP contribution is 2.32. The molecule has 2 aliphatic heterocycles. The lowest BCUT2D eigenvalue weighted by atomic mass is 9.87. The Hall–Kier alpha value is -2.12. The highest BCUT2D eigenvalue weighted by atomic mass is 32.2. The number of hydrogen-bond acceptors (Lipinski definition) is 5. The zero-order chi connectivity index (χ0) is 19.6. The van der Waals surface area contributed by atoms with Crippen molar-refractivity contribution in [2.24, 2.45) is 0 Å². The average Bonchev–Trinajstić information content (AvgIpc) is 2.89. The van der Waals surface area contributed by atoms with Crippen molar-refractivity contribution in [2.75, 3.05) is 32.8 Å². The number of hydrogen-bond donors (Lipinski definition) is 0. The molecule has 0 radical (unpaired) electrons. The maximum absolute atomic E-state index is 12.6. The Balaban J connectivity index is 1.69. The Bertz CT molecular complexity index is 774. The number of morpholine rings is 1. The van der Waals surface area contributed by atoms with E-state index in [-0.39, 0.29) is 17.9 Å². The third kappa shape index (κ3) is 4.59. The fourth-order valence-corrected chi connectivity index (χ4v) is 3.75. The lowest BCUT2D eigenvalue weighted by molar-refractivity contribution is -0.139. The van der Waals surface area contributed by atoms with Crippen LogP contribution in [0.25, 0.3) is 6.08 Å². The fourth-order valence-electron chi connectivity index (χ4n) is 2.92. The van der Waals surface area contributed by atoms with Crippen LogP contribution in [0.5, 0.6) is 0 Å². The number of nitrogens with zero attached hydrogens (tertiary/aromatic N) is 2. The van der Waals surface area contributed by atoms with E-state index in [0.717, 1.165) is 22.2 Å². The van der Waals surface area contributed by atoms with Gasteiger partial charge in [-0.15, -0.1) is 0 Å². The highest BCUT2D eigenvalue weighted by Gasteiger charge is 2.37. The van der Waals surface area contributed by atoms with Gasteiger partial charge in [-0.25, -0.2) is 0 Å². The van der Waals surface area contributed by atoms with Gasteiger partial charge in [-0.2, -0.15) is 0 Å². The molecular weight excluding hydrogens is 364 g/mol. The van der Waals surface area contributed by atoms with E-state index in [4.69, 9.17) is 4.74 Å². The Labute approximate surface area is 163 Å². The van der Waals surface area contributed by atoms with Gasteiger partial charge in [-0.3, -0.25) is 19.3 Å². The molecule has 0 saturated carbocycles. The zero-order valence-corrected chi connectivity index (χ0v) is 16.7. The van der Waals surface area contributed by atoms with E-state index >= 15 is 0 Å². The summed E-state index contributed by atoms with van der Waals surface area (Å²) in [6.45, 7) is 8.15. The molecule has 27 heavy (non-hydrogen) atoms. The van der Waals surface area contributed by atoms with Crippen LogP contribution >= 0.6 is 11.8 Å². The van der Waals surface area contributed by atoms with Crippen molar-refractivity contribution in [1.82, 2.24) is 9.80 Å². The van der Waals surface area contributed by atoms with Crippen LogP contribution in [0, 0.1) is 0 Å². The molecule has 0 unspecified atom stereocenters. The normalized spacial score (nSPS) is 19.9. The summed E-state index contributed by atoms with van der Waals surface area (Å²) in [5.74, 6) is -0.636. The van der Waals surface area contributed by atoms with Gasteiger partial charge in [0.05, 0.1) is 18.1 Å². The number of imide groups is 1. The smallest absolute Gasteiger partial charge is 0.294 e. The quantitative estimate of drug-likeness (QED) is 0.745. The van der Waals surface area contributed by atoms with Crippen molar-refractivity contribution >= 4 is 34.9 Å². The Morgan fingerprint density at radius 1 is 1.15 bits per heavy atom. The first-order valence-corrected chi connectivity index (χ1v) is 9.79. The van der Waals surface area contributed by atoms with Crippen LogP contribution in [0.3, 0.4) is 0 Å². The molecule has 1 aromatic carbocycles. The van der Waals surface area contributed by atoms with Gasteiger partial charge in [0, 0.05) is 13.1 Å². The number of carbonyl (C=O) groups excluding carboxylic acids is 3. The minimum atomic E-state index is -0.411. The second-order valence-electron chi connectivity index (χ2n) is 7.63. The number of rotatable bonds is 3. The summed E-state index contributed by atoms with van der Waals surface area (Å²) in [4.78, 5) is 40.1. The summed E-state index contributed by atoms with van der Waals surface area (Å²) < 4.78 is 5.22. The monoisotopic (exact) mass is 388 g/mol. The van der Waals surface area contributed by atoms with Crippen LogP contribution in [0.2, 0.25) is 0 Å². The van der Waals surface area contributed by atoms with Gasteiger partial charge in [0.1, 0.15) is 6.54 Å². The molecule has 1 aromatic rings. The standard InChI is InChI=1S/C20H24N2O4S/c1-20(2,3)15-6-4-14(5-7-15)12-16-18(24)22(19(25)27-16)13-17(23)21-8-10-26-11-9-21/h4-7,12H,8-11,13H2,1-3H3/b16-12-. The van der Waals surface area contributed by atoms with E-state index in [0.29, 0.717) is 31.2 Å². The Morgan fingerprint density at radius 3 is 2.37 bits per heavy atom. The minimum Gasteiger partial charge on any atom is -0.378 e. The first-order valence-electron chi connectivity index (χ1n) is 8.97. The Morgan fingerprint density at radius 2 is 1.78 bits per heavy atom. The molecule has 3 rings (SSSR count). The molecule has 6 nitrogen and oxygen atoms in total. The molecular formula is C20H24N2O4S. The topological polar surface area (TPSA) is 66.9 Å². The van der Waals surface area contributed by atoms with Crippen molar-refractivity contribution in [3.63, 3.8) is 0 Å². The third-order valence-electron chi connectivity index (χ3n) is 4.61. The minimum absolute atomic E-state index is 0.0518. The summed E-state index contributed by atoms with van der Waals surface area (Å²) in [5, 5.41) is -0.404. The number of amides is 3. The lowest BCUT2D eigenvalue weighted by Gasteiger charge is -2.28.